The number of carbonyl (C=O) groups is 1. The van der Waals surface area contributed by atoms with Crippen molar-refractivity contribution in [2.45, 2.75) is 33.7 Å². The van der Waals surface area contributed by atoms with Gasteiger partial charge in [0.2, 0.25) is 5.96 Å². The van der Waals surface area contributed by atoms with Gasteiger partial charge in [0, 0.05) is 17.4 Å². The number of amides is 1. The molecular formula is C24H26N4O. The Balaban J connectivity index is 1.82. The smallest absolute Gasteiger partial charge is 0.257 e. The lowest BCUT2D eigenvalue weighted by Gasteiger charge is -2.15. The molecule has 3 aromatic rings. The lowest BCUT2D eigenvalue weighted by molar-refractivity contribution is 0.0977. The minimum absolute atomic E-state index is 0.203. The zero-order valence-electron chi connectivity index (χ0n) is 17.1. The summed E-state index contributed by atoms with van der Waals surface area (Å²) in [6.45, 7) is 6.55. The van der Waals surface area contributed by atoms with Gasteiger partial charge >= 0.3 is 0 Å². The molecule has 3 rings (SSSR count). The largest absolute Gasteiger partial charge is 0.326 e. The first-order chi connectivity index (χ1) is 14.1. The van der Waals surface area contributed by atoms with Crippen molar-refractivity contribution in [2.24, 2.45) is 4.99 Å². The van der Waals surface area contributed by atoms with Crippen LogP contribution >= 0.6 is 0 Å². The van der Waals surface area contributed by atoms with Gasteiger partial charge in [-0.2, -0.15) is 0 Å². The number of rotatable bonds is 5. The van der Waals surface area contributed by atoms with E-state index in [-0.39, 0.29) is 5.91 Å². The summed E-state index contributed by atoms with van der Waals surface area (Å²) in [4.78, 5) is 21.6. The number of pyridine rings is 1. The molecular weight excluding hydrogens is 360 g/mol. The summed E-state index contributed by atoms with van der Waals surface area (Å²) in [7, 11) is 0. The molecule has 2 N–H and O–H groups in total. The Morgan fingerprint density at radius 1 is 1.00 bits per heavy atom. The van der Waals surface area contributed by atoms with Crippen molar-refractivity contribution in [3.05, 3.63) is 94.8 Å². The molecule has 0 saturated carbocycles. The van der Waals surface area contributed by atoms with Crippen molar-refractivity contribution in [3.63, 3.8) is 0 Å². The molecule has 5 heteroatoms. The molecule has 0 fully saturated rings. The lowest BCUT2D eigenvalue weighted by Crippen LogP contribution is -2.36. The first-order valence-electron chi connectivity index (χ1n) is 9.74. The first kappa shape index (κ1) is 20.3. The van der Waals surface area contributed by atoms with Crippen molar-refractivity contribution in [3.8, 4) is 0 Å². The second-order valence-corrected chi connectivity index (χ2v) is 6.86. The molecule has 148 valence electrons. The summed E-state index contributed by atoms with van der Waals surface area (Å²) < 4.78 is 0. The predicted molar refractivity (Wildman–Crippen MR) is 118 cm³/mol. The highest BCUT2D eigenvalue weighted by Crippen LogP contribution is 2.18. The van der Waals surface area contributed by atoms with Gasteiger partial charge in [-0.05, 0) is 67.3 Å². The van der Waals surface area contributed by atoms with Gasteiger partial charge < -0.3 is 5.32 Å². The van der Waals surface area contributed by atoms with E-state index in [0.717, 1.165) is 23.4 Å². The van der Waals surface area contributed by atoms with Crippen LogP contribution in [0.2, 0.25) is 0 Å². The van der Waals surface area contributed by atoms with Gasteiger partial charge in [0.05, 0.1) is 12.2 Å². The fourth-order valence-electron chi connectivity index (χ4n) is 2.85. The number of hydrogen-bond donors (Lipinski definition) is 2. The maximum Gasteiger partial charge on any atom is 0.257 e. The quantitative estimate of drug-likeness (QED) is 0.495. The molecule has 0 radical (unpaired) electrons. The van der Waals surface area contributed by atoms with Crippen LogP contribution in [0, 0.1) is 13.8 Å². The Bertz CT molecular complexity index is 995. The van der Waals surface area contributed by atoms with Crippen LogP contribution < -0.4 is 10.6 Å². The van der Waals surface area contributed by atoms with Gasteiger partial charge in [-0.25, -0.2) is 4.99 Å². The second-order valence-electron chi connectivity index (χ2n) is 6.86. The van der Waals surface area contributed by atoms with Gasteiger partial charge in [0.15, 0.2) is 0 Å². The third-order valence-electron chi connectivity index (χ3n) is 4.84. The summed E-state index contributed by atoms with van der Waals surface area (Å²) in [5, 5.41) is 6.18. The zero-order valence-corrected chi connectivity index (χ0v) is 17.1. The SMILES string of the molecule is CCc1ccc(C(=O)NC(=NCc2ccccn2)Nc2cccc(C)c2C)cc1. The minimum atomic E-state index is -0.203. The number of carbonyl (C=O) groups excluding carboxylic acids is 1. The summed E-state index contributed by atoms with van der Waals surface area (Å²) in [5.41, 5.74) is 5.80. The third kappa shape index (κ3) is 5.51. The first-order valence-corrected chi connectivity index (χ1v) is 9.74. The van der Waals surface area contributed by atoms with E-state index < -0.39 is 0 Å². The highest BCUT2D eigenvalue weighted by atomic mass is 16.1. The Labute approximate surface area is 171 Å². The Morgan fingerprint density at radius 3 is 2.48 bits per heavy atom. The van der Waals surface area contributed by atoms with Gasteiger partial charge in [-0.15, -0.1) is 0 Å². The van der Waals surface area contributed by atoms with Gasteiger partial charge in [-0.1, -0.05) is 37.3 Å². The molecule has 1 amide bonds. The molecule has 0 atom stereocenters. The predicted octanol–water partition coefficient (Wildman–Crippen LogP) is 4.66. The van der Waals surface area contributed by atoms with Crippen LogP contribution in [0.5, 0.6) is 0 Å². The van der Waals surface area contributed by atoms with E-state index in [2.05, 4.69) is 40.5 Å². The Kier molecular flexibility index (Phi) is 6.74. The number of nitrogens with one attached hydrogen (secondary N) is 2. The maximum atomic E-state index is 12.8. The maximum absolute atomic E-state index is 12.8. The molecule has 29 heavy (non-hydrogen) atoms. The number of hydrogen-bond acceptors (Lipinski definition) is 3. The number of nitrogens with zero attached hydrogens (tertiary/aromatic N) is 2. The zero-order chi connectivity index (χ0) is 20.6. The van der Waals surface area contributed by atoms with Crippen molar-refractivity contribution < 1.29 is 4.79 Å². The number of aromatic nitrogens is 1. The van der Waals surface area contributed by atoms with E-state index in [0.29, 0.717) is 18.1 Å². The van der Waals surface area contributed by atoms with E-state index in [4.69, 9.17) is 0 Å². The topological polar surface area (TPSA) is 66.4 Å². The summed E-state index contributed by atoms with van der Waals surface area (Å²) in [6.07, 6.45) is 2.67. The number of anilines is 1. The average Bonchev–Trinajstić information content (AvgIpc) is 2.76. The van der Waals surface area contributed by atoms with E-state index >= 15 is 0 Å². The standard InChI is InChI=1S/C24H26N4O/c1-4-19-11-13-20(14-12-19)23(29)28-24(26-16-21-9-5-6-15-25-21)27-22-10-7-8-17(2)18(22)3/h5-15H,4,16H2,1-3H3,(H2,26,27,28,29). The Hall–Kier alpha value is -3.47. The molecule has 0 spiro atoms. The normalized spacial score (nSPS) is 11.2. The summed E-state index contributed by atoms with van der Waals surface area (Å²) in [5.74, 6) is 0.194. The Morgan fingerprint density at radius 2 is 1.79 bits per heavy atom. The third-order valence-corrected chi connectivity index (χ3v) is 4.84. The van der Waals surface area contributed by atoms with Crippen molar-refractivity contribution in [1.82, 2.24) is 10.3 Å². The van der Waals surface area contributed by atoms with Crippen molar-refractivity contribution in [1.29, 1.82) is 0 Å². The fourth-order valence-corrected chi connectivity index (χ4v) is 2.85. The highest BCUT2D eigenvalue weighted by Gasteiger charge is 2.11. The van der Waals surface area contributed by atoms with Gasteiger partial charge in [-0.3, -0.25) is 15.1 Å². The molecule has 1 heterocycles. The average molecular weight is 386 g/mol. The highest BCUT2D eigenvalue weighted by molar-refractivity contribution is 6.10. The van der Waals surface area contributed by atoms with E-state index in [1.54, 1.807) is 6.20 Å². The molecule has 0 bridgehead atoms. The molecule has 2 aromatic carbocycles. The summed E-state index contributed by atoms with van der Waals surface area (Å²) in [6, 6.07) is 19.3. The minimum Gasteiger partial charge on any atom is -0.326 e. The van der Waals surface area contributed by atoms with Gasteiger partial charge in [0.1, 0.15) is 0 Å². The van der Waals surface area contributed by atoms with Crippen LogP contribution in [0.3, 0.4) is 0 Å². The van der Waals surface area contributed by atoms with Crippen LogP contribution in [0.1, 0.15) is 39.7 Å². The lowest BCUT2D eigenvalue weighted by atomic mass is 10.1. The fraction of sp³-hybridized carbons (Fsp3) is 0.208. The molecule has 0 aliphatic carbocycles. The van der Waals surface area contributed by atoms with Crippen LogP contribution in [0.4, 0.5) is 5.69 Å². The molecule has 0 aliphatic rings. The molecule has 0 saturated heterocycles. The van der Waals surface area contributed by atoms with E-state index in [1.165, 1.54) is 11.1 Å². The van der Waals surface area contributed by atoms with Crippen molar-refractivity contribution >= 4 is 17.6 Å². The number of benzene rings is 2. The molecule has 5 nitrogen and oxygen atoms in total. The van der Waals surface area contributed by atoms with E-state index in [1.807, 2.05) is 61.5 Å². The van der Waals surface area contributed by atoms with E-state index in [9.17, 15) is 4.79 Å². The number of guanidine groups is 1. The summed E-state index contributed by atoms with van der Waals surface area (Å²) >= 11 is 0. The molecule has 0 aliphatic heterocycles. The van der Waals surface area contributed by atoms with Crippen molar-refractivity contribution in [2.75, 3.05) is 5.32 Å². The number of aliphatic imine (C=N–C) groups is 1. The van der Waals surface area contributed by atoms with Crippen LogP contribution in [0.25, 0.3) is 0 Å². The monoisotopic (exact) mass is 386 g/mol. The van der Waals surface area contributed by atoms with Gasteiger partial charge in [0.25, 0.3) is 5.91 Å². The molecule has 0 unspecified atom stereocenters. The van der Waals surface area contributed by atoms with Crippen LogP contribution in [0.15, 0.2) is 71.9 Å². The van der Waals surface area contributed by atoms with Crippen LogP contribution in [-0.2, 0) is 13.0 Å². The second kappa shape index (κ2) is 9.64. The van der Waals surface area contributed by atoms with Crippen LogP contribution in [-0.4, -0.2) is 16.9 Å². The number of aryl methyl sites for hydroxylation is 2. The molecule has 1 aromatic heterocycles.